The van der Waals surface area contributed by atoms with E-state index in [0.717, 1.165) is 18.8 Å². The van der Waals surface area contributed by atoms with Crippen molar-refractivity contribution in [2.75, 3.05) is 0 Å². The Morgan fingerprint density at radius 2 is 1.61 bits per heavy atom. The van der Waals surface area contributed by atoms with Crippen LogP contribution in [0.15, 0.2) is 55.1 Å². The molecule has 162 valence electrons. The highest BCUT2D eigenvalue weighted by Crippen LogP contribution is 2.34. The summed E-state index contributed by atoms with van der Waals surface area (Å²) in [6, 6.07) is 12.5. The topological polar surface area (TPSA) is 0 Å². The summed E-state index contributed by atoms with van der Waals surface area (Å²) in [4.78, 5) is 0. The Hall–Kier alpha value is -2.55. The van der Waals surface area contributed by atoms with Gasteiger partial charge in [0.15, 0.2) is 11.6 Å². The molecule has 0 amide bonds. The molecule has 3 heteroatoms. The molecule has 1 aliphatic rings. The van der Waals surface area contributed by atoms with Gasteiger partial charge in [-0.3, -0.25) is 0 Å². The van der Waals surface area contributed by atoms with Gasteiger partial charge in [0.25, 0.3) is 0 Å². The number of fused-ring (bicyclic) bond motifs is 1. The number of allylic oxidation sites excluding steroid dienone is 1. The zero-order chi connectivity index (χ0) is 22.0. The van der Waals surface area contributed by atoms with E-state index < -0.39 is 17.5 Å². The molecule has 1 aliphatic carbocycles. The molecule has 0 aromatic heterocycles. The van der Waals surface area contributed by atoms with Gasteiger partial charge in [-0.1, -0.05) is 49.4 Å². The van der Waals surface area contributed by atoms with Gasteiger partial charge in [-0.15, -0.1) is 6.58 Å². The molecule has 0 saturated heterocycles. The van der Waals surface area contributed by atoms with Crippen LogP contribution in [0.5, 0.6) is 0 Å². The van der Waals surface area contributed by atoms with E-state index in [0.29, 0.717) is 28.9 Å². The van der Waals surface area contributed by atoms with Crippen molar-refractivity contribution in [3.05, 3.63) is 83.7 Å². The maximum absolute atomic E-state index is 14.8. The van der Waals surface area contributed by atoms with Crippen molar-refractivity contribution in [1.29, 1.82) is 0 Å². The first-order valence-corrected chi connectivity index (χ1v) is 11.3. The van der Waals surface area contributed by atoms with Crippen LogP contribution in [0, 0.1) is 29.3 Å². The molecule has 0 radical (unpaired) electrons. The molecule has 0 nitrogen and oxygen atoms in total. The minimum Gasteiger partial charge on any atom is -0.206 e. The van der Waals surface area contributed by atoms with Crippen molar-refractivity contribution in [3.63, 3.8) is 0 Å². The first-order valence-electron chi connectivity index (χ1n) is 11.3. The summed E-state index contributed by atoms with van der Waals surface area (Å²) >= 11 is 0. The Labute approximate surface area is 182 Å². The van der Waals surface area contributed by atoms with Gasteiger partial charge < -0.3 is 0 Å². The number of benzene rings is 3. The third kappa shape index (κ3) is 4.42. The van der Waals surface area contributed by atoms with Gasteiger partial charge in [-0.2, -0.15) is 0 Å². The summed E-state index contributed by atoms with van der Waals surface area (Å²) in [6.45, 7) is 5.70. The van der Waals surface area contributed by atoms with Crippen LogP contribution in [-0.2, 0) is 12.8 Å². The first kappa shape index (κ1) is 21.7. The minimum atomic E-state index is -1.11. The molecule has 0 atom stereocenters. The lowest BCUT2D eigenvalue weighted by Gasteiger charge is -2.26. The van der Waals surface area contributed by atoms with Crippen LogP contribution >= 0.6 is 0 Å². The lowest BCUT2D eigenvalue weighted by atomic mass is 9.79. The molecule has 1 saturated carbocycles. The Bertz CT molecular complexity index is 1070. The Kier molecular flexibility index (Phi) is 6.50. The average Bonchev–Trinajstić information content (AvgIpc) is 2.81. The van der Waals surface area contributed by atoms with Gasteiger partial charge in [0.2, 0.25) is 0 Å². The SMILES string of the molecule is C=CC1CCC(CCc2ccc(-c3cc4ccc(CC)c(F)c4c(F)c3F)cc2)CC1. The first-order chi connectivity index (χ1) is 15.0. The molecule has 0 aliphatic heterocycles. The smallest absolute Gasteiger partial charge is 0.170 e. The molecule has 31 heavy (non-hydrogen) atoms. The van der Waals surface area contributed by atoms with Crippen LogP contribution in [0.3, 0.4) is 0 Å². The van der Waals surface area contributed by atoms with Crippen LogP contribution in [0.2, 0.25) is 0 Å². The monoisotopic (exact) mass is 422 g/mol. The maximum Gasteiger partial charge on any atom is 0.170 e. The molecule has 0 spiro atoms. The predicted octanol–water partition coefficient (Wildman–Crippen LogP) is 8.41. The van der Waals surface area contributed by atoms with Gasteiger partial charge in [0.05, 0.1) is 5.39 Å². The number of rotatable bonds is 6. The van der Waals surface area contributed by atoms with Crippen molar-refractivity contribution in [1.82, 2.24) is 0 Å². The highest BCUT2D eigenvalue weighted by Gasteiger charge is 2.20. The third-order valence-electron chi connectivity index (χ3n) is 6.91. The summed E-state index contributed by atoms with van der Waals surface area (Å²) in [5.41, 5.74) is 2.37. The summed E-state index contributed by atoms with van der Waals surface area (Å²) in [5, 5.41) is 0.117. The van der Waals surface area contributed by atoms with Crippen molar-refractivity contribution in [3.8, 4) is 11.1 Å². The van der Waals surface area contributed by atoms with Crippen molar-refractivity contribution >= 4 is 10.8 Å². The van der Waals surface area contributed by atoms with E-state index in [1.54, 1.807) is 25.1 Å². The summed E-state index contributed by atoms with van der Waals surface area (Å²) in [5.74, 6) is -1.34. The molecule has 3 aromatic carbocycles. The quantitative estimate of drug-likeness (QED) is 0.350. The van der Waals surface area contributed by atoms with E-state index in [1.807, 2.05) is 24.3 Å². The van der Waals surface area contributed by atoms with Crippen molar-refractivity contribution in [2.45, 2.75) is 51.9 Å². The van der Waals surface area contributed by atoms with E-state index in [4.69, 9.17) is 0 Å². The molecular formula is C28H29F3. The van der Waals surface area contributed by atoms with E-state index in [1.165, 1.54) is 31.2 Å². The van der Waals surface area contributed by atoms with E-state index in [9.17, 15) is 13.2 Å². The van der Waals surface area contributed by atoms with Gasteiger partial charge in [0.1, 0.15) is 5.82 Å². The molecule has 0 heterocycles. The number of hydrogen-bond donors (Lipinski definition) is 0. The summed E-state index contributed by atoms with van der Waals surface area (Å²) in [7, 11) is 0. The fraction of sp³-hybridized carbons (Fsp3) is 0.357. The Balaban J connectivity index is 1.52. The highest BCUT2D eigenvalue weighted by atomic mass is 19.2. The normalized spacial score (nSPS) is 19.0. The Morgan fingerprint density at radius 3 is 2.26 bits per heavy atom. The molecule has 4 rings (SSSR count). The molecular weight excluding hydrogens is 393 g/mol. The van der Waals surface area contributed by atoms with Crippen molar-refractivity contribution < 1.29 is 13.2 Å². The van der Waals surface area contributed by atoms with Gasteiger partial charge in [-0.25, -0.2) is 13.2 Å². The Morgan fingerprint density at radius 1 is 0.903 bits per heavy atom. The summed E-state index contributed by atoms with van der Waals surface area (Å²) < 4.78 is 44.2. The summed E-state index contributed by atoms with van der Waals surface area (Å²) in [6.07, 6.45) is 9.65. The van der Waals surface area contributed by atoms with Crippen LogP contribution in [0.25, 0.3) is 21.9 Å². The van der Waals surface area contributed by atoms with Crippen LogP contribution < -0.4 is 0 Å². The highest BCUT2D eigenvalue weighted by molar-refractivity contribution is 5.89. The standard InChI is InChI=1S/C28H29F3/c1-3-18-5-7-19(8-6-18)9-10-20-11-13-22(14-12-20)24-17-23-16-15-21(4-2)26(29)25(23)28(31)27(24)30/h3,11-19H,1,4-10H2,2H3. The van der Waals surface area contributed by atoms with E-state index in [-0.39, 0.29) is 10.9 Å². The molecule has 0 N–H and O–H groups in total. The number of halogens is 3. The lowest BCUT2D eigenvalue weighted by Crippen LogP contribution is -2.13. The maximum atomic E-state index is 14.8. The van der Waals surface area contributed by atoms with Gasteiger partial charge >= 0.3 is 0 Å². The van der Waals surface area contributed by atoms with Gasteiger partial charge in [0, 0.05) is 5.56 Å². The molecule has 1 fully saturated rings. The largest absolute Gasteiger partial charge is 0.206 e. The van der Waals surface area contributed by atoms with Gasteiger partial charge in [-0.05, 0) is 84.9 Å². The number of hydrogen-bond acceptors (Lipinski definition) is 0. The molecule has 0 bridgehead atoms. The molecule has 0 unspecified atom stereocenters. The van der Waals surface area contributed by atoms with E-state index in [2.05, 4.69) is 12.7 Å². The predicted molar refractivity (Wildman–Crippen MR) is 123 cm³/mol. The van der Waals surface area contributed by atoms with Crippen LogP contribution in [0.1, 0.15) is 50.2 Å². The minimum absolute atomic E-state index is 0.169. The second-order valence-corrected chi connectivity index (χ2v) is 8.79. The second kappa shape index (κ2) is 9.30. The van der Waals surface area contributed by atoms with Crippen LogP contribution in [0.4, 0.5) is 13.2 Å². The fourth-order valence-electron chi connectivity index (χ4n) is 4.84. The fourth-order valence-corrected chi connectivity index (χ4v) is 4.84. The zero-order valence-corrected chi connectivity index (χ0v) is 18.1. The van der Waals surface area contributed by atoms with Crippen LogP contribution in [-0.4, -0.2) is 0 Å². The second-order valence-electron chi connectivity index (χ2n) is 8.79. The average molecular weight is 423 g/mol. The van der Waals surface area contributed by atoms with E-state index >= 15 is 0 Å². The number of aryl methyl sites for hydroxylation is 2. The lowest BCUT2D eigenvalue weighted by molar-refractivity contribution is 0.296. The third-order valence-corrected chi connectivity index (χ3v) is 6.91. The van der Waals surface area contributed by atoms with Crippen molar-refractivity contribution in [2.24, 2.45) is 11.8 Å². The molecule has 3 aromatic rings. The zero-order valence-electron chi connectivity index (χ0n) is 18.1.